The Labute approximate surface area is 187 Å². The van der Waals surface area contributed by atoms with E-state index in [1.807, 2.05) is 18.2 Å². The van der Waals surface area contributed by atoms with Crippen LogP contribution in [0.3, 0.4) is 0 Å². The van der Waals surface area contributed by atoms with Crippen molar-refractivity contribution in [3.63, 3.8) is 0 Å². The maximum absolute atomic E-state index is 12.5. The quantitative estimate of drug-likeness (QED) is 0.300. The highest BCUT2D eigenvalue weighted by Crippen LogP contribution is 2.23. The van der Waals surface area contributed by atoms with Crippen molar-refractivity contribution in [1.82, 2.24) is 34.3 Å². The second-order valence-corrected chi connectivity index (χ2v) is 7.55. The molecule has 31 heavy (non-hydrogen) atoms. The smallest absolute Gasteiger partial charge is 0.390 e. The molecule has 3 heterocycles. The Morgan fingerprint density at radius 2 is 1.97 bits per heavy atom. The van der Waals surface area contributed by atoms with Crippen LogP contribution in [0, 0.1) is 10.1 Å². The fourth-order valence-corrected chi connectivity index (χ4v) is 3.29. The number of benzene rings is 1. The molecule has 0 aliphatic rings. The molecule has 0 bridgehead atoms. The number of carbonyl (C=O) groups excluding carboxylic acids is 1. The maximum atomic E-state index is 12.5. The predicted octanol–water partition coefficient (Wildman–Crippen LogP) is 2.80. The van der Waals surface area contributed by atoms with Crippen molar-refractivity contribution < 1.29 is 9.72 Å². The van der Waals surface area contributed by atoms with Gasteiger partial charge in [-0.1, -0.05) is 34.8 Å². The largest absolute Gasteiger partial charge is 0.491 e. The molecule has 0 aliphatic carbocycles. The van der Waals surface area contributed by atoms with Gasteiger partial charge >= 0.3 is 5.95 Å². The maximum Gasteiger partial charge on any atom is 0.491 e. The van der Waals surface area contributed by atoms with Gasteiger partial charge in [-0.3, -0.25) is 9.48 Å². The fraction of sp³-hybridized carbons (Fsp3) is 0.118. The van der Waals surface area contributed by atoms with Gasteiger partial charge in [0.2, 0.25) is 6.33 Å². The Morgan fingerprint density at radius 3 is 2.71 bits per heavy atom. The highest BCUT2D eigenvalue weighted by Gasteiger charge is 2.17. The molecule has 158 valence electrons. The lowest BCUT2D eigenvalue weighted by atomic mass is 10.2. The van der Waals surface area contributed by atoms with Crippen molar-refractivity contribution in [3.8, 4) is 0 Å². The highest BCUT2D eigenvalue weighted by atomic mass is 79.9. The molecule has 0 saturated carbocycles. The molecule has 14 heteroatoms. The van der Waals surface area contributed by atoms with Crippen LogP contribution < -0.4 is 5.32 Å². The summed E-state index contributed by atoms with van der Waals surface area (Å²) in [4.78, 5) is 26.1. The molecule has 0 radical (unpaired) electrons. The number of anilines is 1. The van der Waals surface area contributed by atoms with Gasteiger partial charge in [0.25, 0.3) is 5.91 Å². The summed E-state index contributed by atoms with van der Waals surface area (Å²) in [5.74, 6) is -0.645. The summed E-state index contributed by atoms with van der Waals surface area (Å²) in [5.41, 5.74) is 1.03. The van der Waals surface area contributed by atoms with Crippen LogP contribution in [-0.2, 0) is 13.2 Å². The second-order valence-electron chi connectivity index (χ2n) is 6.29. The molecule has 1 N–H and O–H groups in total. The summed E-state index contributed by atoms with van der Waals surface area (Å²) in [6.45, 7) is 0.497. The number of aromatic nitrogens is 7. The third-order valence-electron chi connectivity index (χ3n) is 4.09. The molecule has 0 atom stereocenters. The van der Waals surface area contributed by atoms with Crippen LogP contribution in [-0.4, -0.2) is 45.2 Å². The Bertz CT molecular complexity index is 1270. The van der Waals surface area contributed by atoms with Crippen LogP contribution in [0.1, 0.15) is 16.1 Å². The minimum atomic E-state index is -0.693. The van der Waals surface area contributed by atoms with Gasteiger partial charge in [0.1, 0.15) is 0 Å². The normalized spacial score (nSPS) is 10.9. The first-order valence-electron chi connectivity index (χ1n) is 8.74. The van der Waals surface area contributed by atoms with E-state index in [1.165, 1.54) is 21.8 Å². The third kappa shape index (κ3) is 4.78. The monoisotopic (exact) mass is 505 g/mol. The molecule has 4 rings (SSSR count). The zero-order valence-corrected chi connectivity index (χ0v) is 17.9. The number of nitrogens with zero attached hydrogens (tertiary/aromatic N) is 8. The van der Waals surface area contributed by atoms with Gasteiger partial charge in [-0.25, -0.2) is 4.68 Å². The lowest BCUT2D eigenvalue weighted by Crippen LogP contribution is -2.16. The van der Waals surface area contributed by atoms with Crippen molar-refractivity contribution in [2.45, 2.75) is 13.2 Å². The van der Waals surface area contributed by atoms with Gasteiger partial charge in [0.15, 0.2) is 18.2 Å². The molecule has 3 aromatic heterocycles. The molecular formula is C17H13BrClN9O3. The first-order chi connectivity index (χ1) is 14.9. The summed E-state index contributed by atoms with van der Waals surface area (Å²) in [6.07, 6.45) is 4.49. The number of rotatable bonds is 7. The van der Waals surface area contributed by atoms with Crippen LogP contribution in [0.5, 0.6) is 0 Å². The lowest BCUT2D eigenvalue weighted by Gasteiger charge is -2.04. The lowest BCUT2D eigenvalue weighted by molar-refractivity contribution is -0.394. The van der Waals surface area contributed by atoms with Crippen LogP contribution >= 0.6 is 27.5 Å². The molecule has 1 amide bonds. The molecule has 4 aromatic rings. The van der Waals surface area contributed by atoms with E-state index in [9.17, 15) is 14.9 Å². The fourth-order valence-electron chi connectivity index (χ4n) is 2.68. The van der Waals surface area contributed by atoms with Crippen LogP contribution in [0.25, 0.3) is 0 Å². The third-order valence-corrected chi connectivity index (χ3v) is 5.04. The Balaban J connectivity index is 1.42. The van der Waals surface area contributed by atoms with Crippen molar-refractivity contribution >= 4 is 45.2 Å². The number of nitro groups is 1. The summed E-state index contributed by atoms with van der Waals surface area (Å²) in [7, 11) is 0. The van der Waals surface area contributed by atoms with E-state index in [2.05, 4.69) is 41.5 Å². The molecule has 0 unspecified atom stereocenters. The van der Waals surface area contributed by atoms with E-state index in [0.29, 0.717) is 21.9 Å². The number of hydrogen-bond acceptors (Lipinski definition) is 7. The Kier molecular flexibility index (Phi) is 5.77. The van der Waals surface area contributed by atoms with Crippen LogP contribution in [0.2, 0.25) is 5.02 Å². The topological polar surface area (TPSA) is 139 Å². The minimum absolute atomic E-state index is 0.0598. The Morgan fingerprint density at radius 1 is 1.16 bits per heavy atom. The van der Waals surface area contributed by atoms with Gasteiger partial charge in [-0.15, -0.1) is 0 Å². The minimum Gasteiger partial charge on any atom is -0.390 e. The highest BCUT2D eigenvalue weighted by molar-refractivity contribution is 9.10. The van der Waals surface area contributed by atoms with Gasteiger partial charge < -0.3 is 15.4 Å². The average molecular weight is 507 g/mol. The first-order valence-corrected chi connectivity index (χ1v) is 9.91. The SMILES string of the molecule is O=C(Nc1nn(Cc2ccccc2Cl)cc1Br)c1ccn(Cn2cnc([N+](=O)[O-])n2)n1. The first kappa shape index (κ1) is 20.7. The summed E-state index contributed by atoms with van der Waals surface area (Å²) in [6, 6.07) is 8.93. The zero-order chi connectivity index (χ0) is 22.0. The van der Waals surface area contributed by atoms with E-state index >= 15 is 0 Å². The van der Waals surface area contributed by atoms with Gasteiger partial charge in [0, 0.05) is 22.5 Å². The molecular weight excluding hydrogens is 494 g/mol. The molecule has 1 aromatic carbocycles. The van der Waals surface area contributed by atoms with Gasteiger partial charge in [-0.05, 0) is 38.5 Å². The molecule has 0 spiro atoms. The Hall–Kier alpha value is -3.58. The molecule has 0 fully saturated rings. The number of halogens is 2. The van der Waals surface area contributed by atoms with Crippen molar-refractivity contribution in [2.75, 3.05) is 5.32 Å². The predicted molar refractivity (Wildman–Crippen MR) is 113 cm³/mol. The number of amides is 1. The molecule has 0 saturated heterocycles. The van der Waals surface area contributed by atoms with Crippen molar-refractivity contribution in [2.24, 2.45) is 0 Å². The zero-order valence-electron chi connectivity index (χ0n) is 15.6. The summed E-state index contributed by atoms with van der Waals surface area (Å²) in [5, 5.41) is 26.2. The number of nitrogens with one attached hydrogen (secondary N) is 1. The van der Waals surface area contributed by atoms with Crippen molar-refractivity contribution in [3.05, 3.63) is 79.9 Å². The van der Waals surface area contributed by atoms with Gasteiger partial charge in [0.05, 0.1) is 11.0 Å². The standard InChI is InChI=1S/C17H13BrClN9O3/c18-12-8-26(7-11-3-1-2-4-13(11)19)23-15(12)21-16(29)14-5-6-25(22-14)10-27-9-20-17(24-27)28(30)31/h1-6,8-9H,7,10H2,(H,21,23,29). The number of carbonyl (C=O) groups is 1. The summed E-state index contributed by atoms with van der Waals surface area (Å²) >= 11 is 9.57. The van der Waals surface area contributed by atoms with E-state index in [0.717, 1.165) is 5.56 Å². The summed E-state index contributed by atoms with van der Waals surface area (Å²) < 4.78 is 4.89. The van der Waals surface area contributed by atoms with Crippen LogP contribution in [0.4, 0.5) is 11.8 Å². The van der Waals surface area contributed by atoms with Crippen LogP contribution in [0.15, 0.2) is 53.5 Å². The van der Waals surface area contributed by atoms with E-state index in [4.69, 9.17) is 11.6 Å². The van der Waals surface area contributed by atoms with Crippen molar-refractivity contribution in [1.29, 1.82) is 0 Å². The van der Waals surface area contributed by atoms with Gasteiger partial charge in [-0.2, -0.15) is 14.9 Å². The molecule has 12 nitrogen and oxygen atoms in total. The number of hydrogen-bond donors (Lipinski definition) is 1. The average Bonchev–Trinajstić information content (AvgIpc) is 3.45. The van der Waals surface area contributed by atoms with E-state index < -0.39 is 16.8 Å². The molecule has 0 aliphatic heterocycles. The van der Waals surface area contributed by atoms with E-state index in [-0.39, 0.29) is 12.4 Å². The second kappa shape index (κ2) is 8.65. The van der Waals surface area contributed by atoms with E-state index in [1.54, 1.807) is 23.1 Å².